The third-order valence-corrected chi connectivity index (χ3v) is 3.98. The average Bonchev–Trinajstić information content (AvgIpc) is 2.74. The van der Waals surface area contributed by atoms with Crippen molar-refractivity contribution in [2.75, 3.05) is 0 Å². The largest absolute Gasteiger partial charge is 0.296 e. The summed E-state index contributed by atoms with van der Waals surface area (Å²) in [6.07, 6.45) is 0.516. The Morgan fingerprint density at radius 1 is 1.32 bits per heavy atom. The van der Waals surface area contributed by atoms with Crippen LogP contribution in [0.1, 0.15) is 30.5 Å². The first-order valence-electron chi connectivity index (χ1n) is 6.16. The molecule has 3 rings (SSSR count). The van der Waals surface area contributed by atoms with Crippen molar-refractivity contribution in [3.05, 3.63) is 35.4 Å². The highest BCUT2D eigenvalue weighted by molar-refractivity contribution is 6.05. The van der Waals surface area contributed by atoms with Crippen molar-refractivity contribution in [3.8, 4) is 6.07 Å². The summed E-state index contributed by atoms with van der Waals surface area (Å²) in [4.78, 5) is 23.7. The van der Waals surface area contributed by atoms with Crippen molar-refractivity contribution in [1.82, 2.24) is 10.6 Å². The molecule has 5 heteroatoms. The number of imide groups is 1. The van der Waals surface area contributed by atoms with Crippen LogP contribution in [0.5, 0.6) is 0 Å². The number of carbonyl (C=O) groups excluding carboxylic acids is 2. The van der Waals surface area contributed by atoms with Gasteiger partial charge in [0.2, 0.25) is 11.8 Å². The number of rotatable bonds is 1. The second-order valence-corrected chi connectivity index (χ2v) is 5.32. The summed E-state index contributed by atoms with van der Waals surface area (Å²) >= 11 is 0. The third kappa shape index (κ3) is 1.72. The van der Waals surface area contributed by atoms with Crippen LogP contribution in [-0.4, -0.2) is 17.4 Å². The molecule has 0 aromatic heterocycles. The van der Waals surface area contributed by atoms with E-state index in [4.69, 9.17) is 5.26 Å². The van der Waals surface area contributed by atoms with Gasteiger partial charge in [0.25, 0.3) is 0 Å². The minimum atomic E-state index is -0.683. The fraction of sp³-hybridized carbons (Fsp3) is 0.357. The number of hydrogen-bond donors (Lipinski definition) is 2. The van der Waals surface area contributed by atoms with Crippen molar-refractivity contribution in [3.63, 3.8) is 0 Å². The molecule has 2 aliphatic rings. The number of amides is 2. The molecule has 2 amide bonds. The van der Waals surface area contributed by atoms with Crippen molar-refractivity contribution in [2.45, 2.75) is 24.9 Å². The molecule has 19 heavy (non-hydrogen) atoms. The van der Waals surface area contributed by atoms with Crippen LogP contribution < -0.4 is 10.6 Å². The van der Waals surface area contributed by atoms with Crippen molar-refractivity contribution in [2.24, 2.45) is 5.92 Å². The van der Waals surface area contributed by atoms with Gasteiger partial charge in [-0.05, 0) is 31.0 Å². The van der Waals surface area contributed by atoms with E-state index >= 15 is 0 Å². The molecule has 1 aromatic rings. The molecule has 2 bridgehead atoms. The molecule has 2 saturated heterocycles. The van der Waals surface area contributed by atoms with E-state index in [1.807, 2.05) is 19.1 Å². The summed E-state index contributed by atoms with van der Waals surface area (Å²) in [5.41, 5.74) is 0.825. The highest BCUT2D eigenvalue weighted by atomic mass is 16.2. The zero-order valence-electron chi connectivity index (χ0n) is 10.4. The van der Waals surface area contributed by atoms with Crippen LogP contribution in [0, 0.1) is 17.2 Å². The van der Waals surface area contributed by atoms with E-state index in [2.05, 4.69) is 16.7 Å². The Kier molecular flexibility index (Phi) is 2.44. The Labute approximate surface area is 110 Å². The molecule has 2 fully saturated rings. The number of nitriles is 1. The number of fused-ring (bicyclic) bond motifs is 2. The average molecular weight is 255 g/mol. The molecule has 0 radical (unpaired) electrons. The molecule has 96 valence electrons. The summed E-state index contributed by atoms with van der Waals surface area (Å²) in [7, 11) is 0. The minimum Gasteiger partial charge on any atom is -0.296 e. The van der Waals surface area contributed by atoms with Gasteiger partial charge in [0.15, 0.2) is 0 Å². The van der Waals surface area contributed by atoms with Crippen molar-refractivity contribution >= 4 is 11.8 Å². The maximum atomic E-state index is 11.9. The third-order valence-electron chi connectivity index (χ3n) is 3.98. The second kappa shape index (κ2) is 3.90. The van der Waals surface area contributed by atoms with E-state index in [1.54, 1.807) is 12.1 Å². The van der Waals surface area contributed by atoms with E-state index in [0.717, 1.165) is 5.56 Å². The Balaban J connectivity index is 1.96. The lowest BCUT2D eigenvalue weighted by Gasteiger charge is -2.26. The van der Waals surface area contributed by atoms with E-state index in [9.17, 15) is 9.59 Å². The predicted molar refractivity (Wildman–Crippen MR) is 66.7 cm³/mol. The summed E-state index contributed by atoms with van der Waals surface area (Å²) < 4.78 is 0. The van der Waals surface area contributed by atoms with Gasteiger partial charge in [-0.3, -0.25) is 20.2 Å². The first-order chi connectivity index (χ1) is 9.03. The monoisotopic (exact) mass is 255 g/mol. The second-order valence-electron chi connectivity index (χ2n) is 5.32. The van der Waals surface area contributed by atoms with Crippen LogP contribution in [0.2, 0.25) is 0 Å². The zero-order chi connectivity index (χ0) is 13.6. The summed E-state index contributed by atoms with van der Waals surface area (Å²) in [5, 5.41) is 14.4. The predicted octanol–water partition coefficient (Wildman–Crippen LogP) is 0.624. The molecule has 0 unspecified atom stereocenters. The van der Waals surface area contributed by atoms with Crippen LogP contribution in [-0.2, 0) is 9.59 Å². The Morgan fingerprint density at radius 3 is 2.63 bits per heavy atom. The van der Waals surface area contributed by atoms with E-state index in [-0.39, 0.29) is 23.8 Å². The minimum absolute atomic E-state index is 0.177. The smallest absolute Gasteiger partial charge is 0.246 e. The van der Waals surface area contributed by atoms with Crippen LogP contribution in [0.4, 0.5) is 0 Å². The van der Waals surface area contributed by atoms with E-state index in [0.29, 0.717) is 12.0 Å². The molecule has 0 aliphatic carbocycles. The molecule has 3 atom stereocenters. The molecule has 5 nitrogen and oxygen atoms in total. The van der Waals surface area contributed by atoms with Gasteiger partial charge >= 0.3 is 0 Å². The summed E-state index contributed by atoms with van der Waals surface area (Å²) in [5.74, 6) is -0.720. The Bertz CT molecular complexity index is 602. The van der Waals surface area contributed by atoms with Gasteiger partial charge in [0, 0.05) is 6.04 Å². The number of nitrogens with one attached hydrogen (secondary N) is 2. The summed E-state index contributed by atoms with van der Waals surface area (Å²) in [6.45, 7) is 1.81. The highest BCUT2D eigenvalue weighted by Crippen LogP contribution is 2.40. The molecule has 2 aliphatic heterocycles. The van der Waals surface area contributed by atoms with Crippen LogP contribution in [0.25, 0.3) is 0 Å². The number of piperidine rings is 1. The Morgan fingerprint density at radius 2 is 2.00 bits per heavy atom. The number of nitrogens with zero attached hydrogens (tertiary/aromatic N) is 1. The number of carbonyl (C=O) groups is 2. The standard InChI is InChI=1S/C14H13N3O2/c1-14-6-10(12(18)16-13(14)19)11(17-14)9-4-2-8(7-15)3-5-9/h2-5,10-11,17H,6H2,1H3,(H,16,18,19)/t10-,11-,14-/m0/s1. The Hall–Kier alpha value is -2.19. The number of hydrogen-bond acceptors (Lipinski definition) is 4. The normalized spacial score (nSPS) is 32.8. The van der Waals surface area contributed by atoms with Crippen LogP contribution in [0.15, 0.2) is 24.3 Å². The molecule has 0 saturated carbocycles. The molecule has 0 spiro atoms. The summed E-state index contributed by atoms with van der Waals surface area (Å²) in [6, 6.07) is 8.99. The maximum absolute atomic E-state index is 11.9. The lowest BCUT2D eigenvalue weighted by molar-refractivity contribution is -0.138. The first kappa shape index (κ1) is 11.9. The lowest BCUT2D eigenvalue weighted by atomic mass is 9.86. The van der Waals surface area contributed by atoms with E-state index in [1.165, 1.54) is 0 Å². The van der Waals surface area contributed by atoms with Gasteiger partial charge in [-0.15, -0.1) is 0 Å². The SMILES string of the molecule is C[C@]12C[C@H](C(=O)NC1=O)[C@H](c1ccc(C#N)cc1)N2. The number of benzene rings is 1. The molecule has 1 aromatic carbocycles. The molecule has 2 heterocycles. The van der Waals surface area contributed by atoms with Gasteiger partial charge in [-0.25, -0.2) is 0 Å². The lowest BCUT2D eigenvalue weighted by Crippen LogP contribution is -2.55. The molecular formula is C14H13N3O2. The van der Waals surface area contributed by atoms with Gasteiger partial charge in [-0.2, -0.15) is 5.26 Å². The van der Waals surface area contributed by atoms with Gasteiger partial charge in [0.05, 0.1) is 23.1 Å². The molecular weight excluding hydrogens is 242 g/mol. The van der Waals surface area contributed by atoms with Gasteiger partial charge < -0.3 is 0 Å². The topological polar surface area (TPSA) is 82.0 Å². The van der Waals surface area contributed by atoms with Crippen LogP contribution >= 0.6 is 0 Å². The van der Waals surface area contributed by atoms with Gasteiger partial charge in [0.1, 0.15) is 0 Å². The van der Waals surface area contributed by atoms with Gasteiger partial charge in [-0.1, -0.05) is 12.1 Å². The van der Waals surface area contributed by atoms with Crippen molar-refractivity contribution < 1.29 is 9.59 Å². The fourth-order valence-corrected chi connectivity index (χ4v) is 2.89. The quantitative estimate of drug-likeness (QED) is 0.721. The first-order valence-corrected chi connectivity index (χ1v) is 6.16. The molecule has 2 N–H and O–H groups in total. The highest BCUT2D eigenvalue weighted by Gasteiger charge is 2.54. The van der Waals surface area contributed by atoms with Crippen LogP contribution in [0.3, 0.4) is 0 Å². The van der Waals surface area contributed by atoms with Crippen molar-refractivity contribution in [1.29, 1.82) is 5.26 Å². The zero-order valence-corrected chi connectivity index (χ0v) is 10.4. The maximum Gasteiger partial charge on any atom is 0.246 e. The van der Waals surface area contributed by atoms with E-state index < -0.39 is 5.54 Å². The fourth-order valence-electron chi connectivity index (χ4n) is 2.89.